The number of carbonyl (C=O) groups excluding carboxylic acids is 1. The maximum atomic E-state index is 12.4. The van der Waals surface area contributed by atoms with Crippen molar-refractivity contribution in [3.05, 3.63) is 53.1 Å². The summed E-state index contributed by atoms with van der Waals surface area (Å²) in [6, 6.07) is 10.1. The van der Waals surface area contributed by atoms with Crippen LogP contribution in [0.5, 0.6) is 17.2 Å². The maximum Gasteiger partial charge on any atom is 0.170 e. The molecule has 0 heterocycles. The van der Waals surface area contributed by atoms with Gasteiger partial charge in [0.05, 0.1) is 11.7 Å². The zero-order chi connectivity index (χ0) is 17.0. The standard InChI is InChI=1S/C19H22O4/c1-4-14-10-16(19(22)11-17(14)20)18(21)9-13-5-7-15(8-6-13)23-12(2)3/h5-8,10-12,20,22H,4,9H2,1-3H3. The molecule has 0 saturated heterocycles. The van der Waals surface area contributed by atoms with Crippen LogP contribution < -0.4 is 4.74 Å². The van der Waals surface area contributed by atoms with Crippen LogP contribution in [0.2, 0.25) is 0 Å². The third kappa shape index (κ3) is 4.25. The topological polar surface area (TPSA) is 66.8 Å². The van der Waals surface area contributed by atoms with Gasteiger partial charge in [0, 0.05) is 12.5 Å². The molecule has 4 nitrogen and oxygen atoms in total. The Morgan fingerprint density at radius 2 is 1.74 bits per heavy atom. The van der Waals surface area contributed by atoms with E-state index in [0.29, 0.717) is 12.0 Å². The number of benzene rings is 2. The summed E-state index contributed by atoms with van der Waals surface area (Å²) in [5.41, 5.74) is 1.73. The first-order valence-corrected chi connectivity index (χ1v) is 7.74. The van der Waals surface area contributed by atoms with Crippen LogP contribution in [0.3, 0.4) is 0 Å². The van der Waals surface area contributed by atoms with Crippen molar-refractivity contribution in [2.75, 3.05) is 0 Å². The van der Waals surface area contributed by atoms with Gasteiger partial charge in [0.25, 0.3) is 0 Å². The van der Waals surface area contributed by atoms with Gasteiger partial charge in [-0.1, -0.05) is 19.1 Å². The van der Waals surface area contributed by atoms with E-state index in [0.717, 1.165) is 11.3 Å². The largest absolute Gasteiger partial charge is 0.508 e. The molecule has 2 rings (SSSR count). The molecule has 0 aliphatic carbocycles. The van der Waals surface area contributed by atoms with Gasteiger partial charge in [-0.2, -0.15) is 0 Å². The van der Waals surface area contributed by atoms with Crippen molar-refractivity contribution in [1.29, 1.82) is 0 Å². The number of phenolic OH excluding ortho intramolecular Hbond substituents is 2. The van der Waals surface area contributed by atoms with Crippen molar-refractivity contribution in [3.8, 4) is 17.2 Å². The van der Waals surface area contributed by atoms with E-state index in [2.05, 4.69) is 0 Å². The molecule has 2 N–H and O–H groups in total. The van der Waals surface area contributed by atoms with Crippen LogP contribution in [0.4, 0.5) is 0 Å². The molecule has 0 spiro atoms. The predicted molar refractivity (Wildman–Crippen MR) is 89.4 cm³/mol. The van der Waals surface area contributed by atoms with Gasteiger partial charge in [0.2, 0.25) is 0 Å². The number of aromatic hydroxyl groups is 2. The average molecular weight is 314 g/mol. The van der Waals surface area contributed by atoms with E-state index in [9.17, 15) is 15.0 Å². The van der Waals surface area contributed by atoms with Crippen molar-refractivity contribution in [3.63, 3.8) is 0 Å². The molecule has 122 valence electrons. The minimum absolute atomic E-state index is 0.0109. The van der Waals surface area contributed by atoms with Gasteiger partial charge in [-0.25, -0.2) is 0 Å². The molecular weight excluding hydrogens is 292 g/mol. The molecule has 0 radical (unpaired) electrons. The Labute approximate surface area is 136 Å². The molecule has 0 aliphatic heterocycles. The Hall–Kier alpha value is -2.49. The predicted octanol–water partition coefficient (Wildman–Crippen LogP) is 3.87. The molecule has 0 fully saturated rings. The van der Waals surface area contributed by atoms with Crippen molar-refractivity contribution in [2.24, 2.45) is 0 Å². The van der Waals surface area contributed by atoms with Gasteiger partial charge in [-0.3, -0.25) is 4.79 Å². The Bertz CT molecular complexity index is 687. The highest BCUT2D eigenvalue weighted by molar-refractivity contribution is 6.00. The molecule has 0 amide bonds. The lowest BCUT2D eigenvalue weighted by atomic mass is 9.99. The summed E-state index contributed by atoms with van der Waals surface area (Å²) < 4.78 is 5.57. The highest BCUT2D eigenvalue weighted by Crippen LogP contribution is 2.29. The summed E-state index contributed by atoms with van der Waals surface area (Å²) in [6.45, 7) is 5.79. The van der Waals surface area contributed by atoms with E-state index in [1.165, 1.54) is 6.07 Å². The minimum Gasteiger partial charge on any atom is -0.508 e. The van der Waals surface area contributed by atoms with Crippen LogP contribution in [-0.2, 0) is 12.8 Å². The van der Waals surface area contributed by atoms with Crippen LogP contribution in [-0.4, -0.2) is 22.1 Å². The second-order valence-corrected chi connectivity index (χ2v) is 5.76. The van der Waals surface area contributed by atoms with Gasteiger partial charge >= 0.3 is 0 Å². The number of hydrogen-bond acceptors (Lipinski definition) is 4. The number of phenols is 2. The Morgan fingerprint density at radius 3 is 2.30 bits per heavy atom. The monoisotopic (exact) mass is 314 g/mol. The first-order valence-electron chi connectivity index (χ1n) is 7.74. The van der Waals surface area contributed by atoms with Crippen LogP contribution in [0.25, 0.3) is 0 Å². The second-order valence-electron chi connectivity index (χ2n) is 5.76. The average Bonchev–Trinajstić information content (AvgIpc) is 2.48. The lowest BCUT2D eigenvalue weighted by molar-refractivity contribution is 0.0990. The van der Waals surface area contributed by atoms with Gasteiger partial charge < -0.3 is 14.9 Å². The van der Waals surface area contributed by atoms with Gasteiger partial charge in [-0.15, -0.1) is 0 Å². The van der Waals surface area contributed by atoms with Crippen LogP contribution in [0, 0.1) is 0 Å². The zero-order valence-electron chi connectivity index (χ0n) is 13.7. The van der Waals surface area contributed by atoms with Crippen molar-refractivity contribution in [2.45, 2.75) is 39.7 Å². The van der Waals surface area contributed by atoms with Gasteiger partial charge in [-0.05, 0) is 49.6 Å². The highest BCUT2D eigenvalue weighted by Gasteiger charge is 2.15. The SMILES string of the molecule is CCc1cc(C(=O)Cc2ccc(OC(C)C)cc2)c(O)cc1O. The lowest BCUT2D eigenvalue weighted by Gasteiger charge is -2.11. The fraction of sp³-hybridized carbons (Fsp3) is 0.316. The first kappa shape index (κ1) is 16.9. The molecule has 2 aromatic carbocycles. The Balaban J connectivity index is 2.16. The van der Waals surface area contributed by atoms with E-state index in [4.69, 9.17) is 4.74 Å². The fourth-order valence-electron chi connectivity index (χ4n) is 2.37. The quantitative estimate of drug-likeness (QED) is 0.794. The molecule has 2 aromatic rings. The van der Waals surface area contributed by atoms with E-state index < -0.39 is 0 Å². The van der Waals surface area contributed by atoms with Gasteiger partial charge in [0.1, 0.15) is 17.2 Å². The second kappa shape index (κ2) is 7.18. The molecule has 0 aliphatic rings. The molecule has 0 aromatic heterocycles. The summed E-state index contributed by atoms with van der Waals surface area (Å²) in [5.74, 6) is 0.396. The van der Waals surface area contributed by atoms with Crippen LogP contribution in [0.15, 0.2) is 36.4 Å². The first-order chi connectivity index (χ1) is 10.9. The number of ether oxygens (including phenoxy) is 1. The third-order valence-electron chi connectivity index (χ3n) is 3.54. The number of hydrogen-bond donors (Lipinski definition) is 2. The summed E-state index contributed by atoms with van der Waals surface area (Å²) in [4.78, 5) is 12.4. The van der Waals surface area contributed by atoms with Crippen molar-refractivity contribution in [1.82, 2.24) is 0 Å². The Morgan fingerprint density at radius 1 is 1.09 bits per heavy atom. The van der Waals surface area contributed by atoms with Crippen LogP contribution in [0.1, 0.15) is 42.3 Å². The summed E-state index contributed by atoms with van der Waals surface area (Å²) in [7, 11) is 0. The van der Waals surface area contributed by atoms with Crippen molar-refractivity contribution >= 4 is 5.78 Å². The summed E-state index contributed by atoms with van der Waals surface area (Å²) in [5, 5.41) is 19.6. The van der Waals surface area contributed by atoms with Crippen LogP contribution >= 0.6 is 0 Å². The summed E-state index contributed by atoms with van der Waals surface area (Å²) in [6.07, 6.45) is 0.876. The number of aryl methyl sites for hydroxylation is 1. The molecular formula is C19H22O4. The molecule has 0 saturated carbocycles. The number of rotatable bonds is 6. The van der Waals surface area contributed by atoms with E-state index >= 15 is 0 Å². The molecule has 4 heteroatoms. The number of carbonyl (C=O) groups is 1. The Kier molecular flexibility index (Phi) is 5.27. The third-order valence-corrected chi connectivity index (χ3v) is 3.54. The van der Waals surface area contributed by atoms with E-state index in [1.54, 1.807) is 6.07 Å². The van der Waals surface area contributed by atoms with Crippen molar-refractivity contribution < 1.29 is 19.7 Å². The molecule has 0 unspecified atom stereocenters. The lowest BCUT2D eigenvalue weighted by Crippen LogP contribution is -2.07. The minimum atomic E-state index is -0.190. The zero-order valence-corrected chi connectivity index (χ0v) is 13.7. The highest BCUT2D eigenvalue weighted by atomic mass is 16.5. The van der Waals surface area contributed by atoms with Gasteiger partial charge in [0.15, 0.2) is 5.78 Å². The molecule has 23 heavy (non-hydrogen) atoms. The summed E-state index contributed by atoms with van der Waals surface area (Å²) >= 11 is 0. The normalized spacial score (nSPS) is 10.8. The fourth-order valence-corrected chi connectivity index (χ4v) is 2.37. The smallest absolute Gasteiger partial charge is 0.170 e. The molecule has 0 bridgehead atoms. The van der Waals surface area contributed by atoms with E-state index in [-0.39, 0.29) is 35.4 Å². The number of ketones is 1. The maximum absolute atomic E-state index is 12.4. The number of Topliss-reactive ketones (excluding diaryl/α,β-unsaturated/α-hetero) is 1. The molecule has 0 atom stereocenters. The van der Waals surface area contributed by atoms with E-state index in [1.807, 2.05) is 45.0 Å².